The van der Waals surface area contributed by atoms with E-state index in [1.54, 1.807) is 11.3 Å². The molecule has 0 bridgehead atoms. The number of halogens is 1. The van der Waals surface area contributed by atoms with Crippen molar-refractivity contribution in [3.05, 3.63) is 41.9 Å². The fourth-order valence-electron chi connectivity index (χ4n) is 4.09. The molecule has 2 saturated heterocycles. The topological polar surface area (TPSA) is 67.3 Å². The second-order valence-corrected chi connectivity index (χ2v) is 8.63. The summed E-state index contributed by atoms with van der Waals surface area (Å²) in [7, 11) is 1.81. The highest BCUT2D eigenvalue weighted by Gasteiger charge is 2.23. The number of hydrogen-bond acceptors (Lipinski definition) is 6. The van der Waals surface area contributed by atoms with Gasteiger partial charge in [0.1, 0.15) is 5.82 Å². The minimum absolute atomic E-state index is 0. The van der Waals surface area contributed by atoms with E-state index >= 15 is 0 Å². The van der Waals surface area contributed by atoms with Gasteiger partial charge in [-0.15, -0.1) is 35.3 Å². The van der Waals surface area contributed by atoms with E-state index in [4.69, 9.17) is 0 Å². The average molecular weight is 570 g/mol. The van der Waals surface area contributed by atoms with E-state index in [0.717, 1.165) is 64.1 Å². The maximum Gasteiger partial charge on any atom is 0.224 e. The van der Waals surface area contributed by atoms with Gasteiger partial charge in [0.2, 0.25) is 5.91 Å². The molecule has 10 heteroatoms. The number of amides is 1. The Morgan fingerprint density at radius 2 is 1.72 bits per heavy atom. The zero-order valence-corrected chi connectivity index (χ0v) is 21.7. The lowest BCUT2D eigenvalue weighted by atomic mass is 10.2. The Hall–Kier alpha value is -2.08. The van der Waals surface area contributed by atoms with Gasteiger partial charge in [-0.05, 0) is 29.6 Å². The van der Waals surface area contributed by atoms with Crippen LogP contribution in [0.4, 0.5) is 10.8 Å². The number of pyridine rings is 1. The first-order valence-corrected chi connectivity index (χ1v) is 11.8. The van der Waals surface area contributed by atoms with Crippen LogP contribution in [0, 0.1) is 0 Å². The van der Waals surface area contributed by atoms with Crippen molar-refractivity contribution in [1.82, 2.24) is 20.1 Å². The van der Waals surface area contributed by atoms with Crippen LogP contribution in [-0.2, 0) is 4.79 Å². The highest BCUT2D eigenvalue weighted by Crippen LogP contribution is 2.22. The van der Waals surface area contributed by atoms with Gasteiger partial charge < -0.3 is 24.9 Å². The van der Waals surface area contributed by atoms with E-state index in [9.17, 15) is 4.79 Å². The standard InChI is InChI=1S/C22H31N7OS.HI/c1-23-22(29-16-14-28(15-17-29)21-6-4-18-31-21)25-9-7-20(30)27-12-10-26(11-13-27)19-5-2-3-8-24-19;/h2-6,8,18H,7,9-17H2,1H3,(H,23,25);1H. The predicted octanol–water partition coefficient (Wildman–Crippen LogP) is 2.20. The number of nitrogens with zero attached hydrogens (tertiary/aromatic N) is 6. The molecule has 32 heavy (non-hydrogen) atoms. The highest BCUT2D eigenvalue weighted by molar-refractivity contribution is 14.0. The molecule has 1 amide bonds. The van der Waals surface area contributed by atoms with Crippen LogP contribution in [0.2, 0.25) is 0 Å². The molecule has 2 aliphatic rings. The van der Waals surface area contributed by atoms with Crippen molar-refractivity contribution in [3.8, 4) is 0 Å². The first kappa shape index (κ1) is 24.6. The Kier molecular flexibility index (Phi) is 9.39. The summed E-state index contributed by atoms with van der Waals surface area (Å²) < 4.78 is 0. The van der Waals surface area contributed by atoms with E-state index in [2.05, 4.69) is 47.5 Å². The Morgan fingerprint density at radius 1 is 1.00 bits per heavy atom. The molecule has 0 atom stereocenters. The maximum absolute atomic E-state index is 12.7. The lowest BCUT2D eigenvalue weighted by Crippen LogP contribution is -2.53. The van der Waals surface area contributed by atoms with Gasteiger partial charge in [-0.3, -0.25) is 9.79 Å². The van der Waals surface area contributed by atoms with Gasteiger partial charge in [0, 0.05) is 78.6 Å². The Bertz CT molecular complexity index is 848. The number of nitrogens with one attached hydrogen (secondary N) is 1. The lowest BCUT2D eigenvalue weighted by molar-refractivity contribution is -0.131. The molecule has 0 radical (unpaired) electrons. The quantitative estimate of drug-likeness (QED) is 0.339. The number of carbonyl (C=O) groups excluding carboxylic acids is 1. The van der Waals surface area contributed by atoms with Crippen molar-refractivity contribution in [2.45, 2.75) is 6.42 Å². The van der Waals surface area contributed by atoms with Crippen LogP contribution in [-0.4, -0.2) is 92.6 Å². The van der Waals surface area contributed by atoms with Crippen LogP contribution in [0.1, 0.15) is 6.42 Å². The largest absolute Gasteiger partial charge is 0.360 e. The molecular formula is C22H32IN7OS. The summed E-state index contributed by atoms with van der Waals surface area (Å²) in [6.07, 6.45) is 2.30. The summed E-state index contributed by atoms with van der Waals surface area (Å²) >= 11 is 1.79. The number of aromatic nitrogens is 1. The van der Waals surface area contributed by atoms with Gasteiger partial charge in [0.25, 0.3) is 0 Å². The smallest absolute Gasteiger partial charge is 0.224 e. The summed E-state index contributed by atoms with van der Waals surface area (Å²) in [6.45, 7) is 7.59. The molecule has 0 aliphatic carbocycles. The maximum atomic E-state index is 12.7. The molecule has 8 nitrogen and oxygen atoms in total. The molecule has 174 valence electrons. The number of guanidine groups is 1. The van der Waals surface area contributed by atoms with Crippen molar-refractivity contribution in [2.24, 2.45) is 4.99 Å². The van der Waals surface area contributed by atoms with Gasteiger partial charge in [0.05, 0.1) is 5.00 Å². The number of thiophene rings is 1. The fraction of sp³-hybridized carbons (Fsp3) is 0.500. The predicted molar refractivity (Wildman–Crippen MR) is 143 cm³/mol. The highest BCUT2D eigenvalue weighted by atomic mass is 127. The van der Waals surface area contributed by atoms with Crippen molar-refractivity contribution >= 4 is 58.0 Å². The van der Waals surface area contributed by atoms with Gasteiger partial charge in [-0.1, -0.05) is 6.07 Å². The summed E-state index contributed by atoms with van der Waals surface area (Å²) in [5, 5.41) is 6.84. The molecule has 0 aromatic carbocycles. The van der Waals surface area contributed by atoms with E-state index in [-0.39, 0.29) is 29.9 Å². The zero-order valence-electron chi connectivity index (χ0n) is 18.5. The molecule has 2 aliphatic heterocycles. The minimum atomic E-state index is 0. The van der Waals surface area contributed by atoms with Crippen LogP contribution in [0.3, 0.4) is 0 Å². The Morgan fingerprint density at radius 3 is 2.34 bits per heavy atom. The molecule has 0 saturated carbocycles. The number of carbonyl (C=O) groups is 1. The normalized spacial score (nSPS) is 17.2. The van der Waals surface area contributed by atoms with Gasteiger partial charge in [0.15, 0.2) is 5.96 Å². The minimum Gasteiger partial charge on any atom is -0.360 e. The number of anilines is 2. The zero-order chi connectivity index (χ0) is 21.5. The van der Waals surface area contributed by atoms with Crippen molar-refractivity contribution in [3.63, 3.8) is 0 Å². The molecule has 4 rings (SSSR count). The first-order chi connectivity index (χ1) is 15.2. The van der Waals surface area contributed by atoms with Gasteiger partial charge in [-0.2, -0.15) is 0 Å². The van der Waals surface area contributed by atoms with Crippen LogP contribution in [0.25, 0.3) is 0 Å². The monoisotopic (exact) mass is 569 g/mol. The third kappa shape index (κ3) is 6.25. The van der Waals surface area contributed by atoms with Crippen molar-refractivity contribution < 1.29 is 4.79 Å². The van der Waals surface area contributed by atoms with Crippen molar-refractivity contribution in [1.29, 1.82) is 0 Å². The summed E-state index contributed by atoms with van der Waals surface area (Å²) in [5.41, 5.74) is 0. The molecule has 0 unspecified atom stereocenters. The average Bonchev–Trinajstić information content (AvgIpc) is 3.38. The Labute approximate surface area is 211 Å². The number of aliphatic imine (C=N–C) groups is 1. The van der Waals surface area contributed by atoms with Gasteiger partial charge in [-0.25, -0.2) is 4.98 Å². The number of piperazine rings is 2. The Balaban J connectivity index is 0.00000289. The summed E-state index contributed by atoms with van der Waals surface area (Å²) in [6, 6.07) is 10.2. The van der Waals surface area contributed by atoms with E-state index in [1.807, 2.05) is 36.3 Å². The van der Waals surface area contributed by atoms with E-state index in [0.29, 0.717) is 13.0 Å². The second-order valence-electron chi connectivity index (χ2n) is 7.71. The van der Waals surface area contributed by atoms with E-state index in [1.165, 1.54) is 5.00 Å². The van der Waals surface area contributed by atoms with Crippen LogP contribution in [0.15, 0.2) is 46.9 Å². The number of rotatable bonds is 5. The molecule has 2 aromatic rings. The molecule has 2 fully saturated rings. The third-order valence-corrected chi connectivity index (χ3v) is 6.77. The molecule has 2 aromatic heterocycles. The van der Waals surface area contributed by atoms with Crippen LogP contribution in [0.5, 0.6) is 0 Å². The SMILES string of the molecule is CN=C(NCCC(=O)N1CCN(c2ccccn2)CC1)N1CCN(c2cccs2)CC1.I. The van der Waals surface area contributed by atoms with Crippen molar-refractivity contribution in [2.75, 3.05) is 75.8 Å². The van der Waals surface area contributed by atoms with Crippen LogP contribution < -0.4 is 15.1 Å². The van der Waals surface area contributed by atoms with Gasteiger partial charge >= 0.3 is 0 Å². The lowest BCUT2D eigenvalue weighted by Gasteiger charge is -2.37. The molecule has 0 spiro atoms. The first-order valence-electron chi connectivity index (χ1n) is 10.9. The van der Waals surface area contributed by atoms with E-state index < -0.39 is 0 Å². The third-order valence-electron chi connectivity index (χ3n) is 5.84. The fourth-order valence-corrected chi connectivity index (χ4v) is 4.87. The second kappa shape index (κ2) is 12.2. The molecule has 4 heterocycles. The van der Waals surface area contributed by atoms with Crippen LogP contribution >= 0.6 is 35.3 Å². The molecular weight excluding hydrogens is 537 g/mol. The molecule has 1 N–H and O–H groups in total. The number of hydrogen-bond donors (Lipinski definition) is 1. The summed E-state index contributed by atoms with van der Waals surface area (Å²) in [5.74, 6) is 2.07. The summed E-state index contributed by atoms with van der Waals surface area (Å²) in [4.78, 5) is 30.4.